The molecule has 1 unspecified atom stereocenters. The summed E-state index contributed by atoms with van der Waals surface area (Å²) in [5.41, 5.74) is 0.677. The maximum absolute atomic E-state index is 11.8. The number of aliphatic carboxylic acids is 1. The molecule has 0 aliphatic carbocycles. The van der Waals surface area contributed by atoms with Gasteiger partial charge in [-0.1, -0.05) is 13.8 Å². The van der Waals surface area contributed by atoms with Crippen LogP contribution in [0.15, 0.2) is 12.3 Å². The van der Waals surface area contributed by atoms with Gasteiger partial charge in [-0.3, -0.25) is 14.4 Å². The van der Waals surface area contributed by atoms with Gasteiger partial charge in [0.2, 0.25) is 0 Å². The molecule has 1 heterocycles. The van der Waals surface area contributed by atoms with E-state index in [1.165, 1.54) is 19.2 Å². The fourth-order valence-corrected chi connectivity index (χ4v) is 1.88. The Kier molecular flexibility index (Phi) is 5.49. The van der Waals surface area contributed by atoms with E-state index < -0.39 is 17.8 Å². The van der Waals surface area contributed by atoms with Gasteiger partial charge in [0.15, 0.2) is 5.78 Å². The number of carboxylic acids is 1. The van der Waals surface area contributed by atoms with Crippen molar-refractivity contribution >= 4 is 17.7 Å². The minimum atomic E-state index is -0.921. The molecule has 1 rings (SSSR count). The number of Topliss-reactive ketones (excluding diaryl/α,β-unsaturated/α-hetero) is 1. The number of amides is 1. The van der Waals surface area contributed by atoms with Crippen molar-refractivity contribution in [3.63, 3.8) is 0 Å². The van der Waals surface area contributed by atoms with Crippen molar-refractivity contribution in [3.8, 4) is 0 Å². The zero-order chi connectivity index (χ0) is 15.3. The molecule has 1 amide bonds. The van der Waals surface area contributed by atoms with E-state index in [0.29, 0.717) is 12.0 Å². The smallest absolute Gasteiger partial charge is 0.308 e. The Morgan fingerprint density at radius 1 is 1.35 bits per heavy atom. The van der Waals surface area contributed by atoms with Crippen LogP contribution in [0.2, 0.25) is 0 Å². The van der Waals surface area contributed by atoms with Crippen LogP contribution in [0.4, 0.5) is 0 Å². The highest BCUT2D eigenvalue weighted by atomic mass is 16.4. The Balaban J connectivity index is 2.60. The summed E-state index contributed by atoms with van der Waals surface area (Å²) in [6, 6.07) is 1.45. The molecule has 1 atom stereocenters. The topological polar surface area (TPSA) is 99.3 Å². The number of H-pyrrole nitrogens is 1. The van der Waals surface area contributed by atoms with Crippen LogP contribution in [-0.4, -0.2) is 34.3 Å². The summed E-state index contributed by atoms with van der Waals surface area (Å²) < 4.78 is 0. The number of carbonyl (C=O) groups excluding carboxylic acids is 2. The number of carbonyl (C=O) groups is 3. The SMILES string of the molecule is CC(=O)c1c[nH]c(C(=O)NCC(CC(C)C)C(=O)O)c1. The first-order chi connectivity index (χ1) is 9.31. The Bertz CT molecular complexity index is 505. The molecular weight excluding hydrogens is 260 g/mol. The van der Waals surface area contributed by atoms with Gasteiger partial charge in [-0.25, -0.2) is 0 Å². The minimum Gasteiger partial charge on any atom is -0.481 e. The highest BCUT2D eigenvalue weighted by molar-refractivity contribution is 5.99. The number of rotatable bonds is 7. The fourth-order valence-electron chi connectivity index (χ4n) is 1.88. The molecule has 0 bridgehead atoms. The number of aromatic amines is 1. The van der Waals surface area contributed by atoms with Gasteiger partial charge in [0.1, 0.15) is 5.69 Å². The molecule has 1 aromatic heterocycles. The van der Waals surface area contributed by atoms with Crippen molar-refractivity contribution in [3.05, 3.63) is 23.5 Å². The van der Waals surface area contributed by atoms with Crippen LogP contribution < -0.4 is 5.32 Å². The molecule has 0 saturated carbocycles. The Morgan fingerprint density at radius 3 is 2.45 bits per heavy atom. The Morgan fingerprint density at radius 2 is 2.00 bits per heavy atom. The summed E-state index contributed by atoms with van der Waals surface area (Å²) >= 11 is 0. The molecule has 0 aliphatic rings. The molecule has 3 N–H and O–H groups in total. The number of hydrogen-bond acceptors (Lipinski definition) is 3. The van der Waals surface area contributed by atoms with E-state index in [9.17, 15) is 14.4 Å². The van der Waals surface area contributed by atoms with Crippen LogP contribution in [0.1, 0.15) is 48.0 Å². The summed E-state index contributed by atoms with van der Waals surface area (Å²) in [5, 5.41) is 11.7. The van der Waals surface area contributed by atoms with Gasteiger partial charge in [-0.2, -0.15) is 0 Å². The second-order valence-corrected chi connectivity index (χ2v) is 5.23. The van der Waals surface area contributed by atoms with Gasteiger partial charge < -0.3 is 15.4 Å². The number of carboxylic acid groups (broad SMARTS) is 1. The summed E-state index contributed by atoms with van der Waals surface area (Å²) in [6.45, 7) is 5.35. The van der Waals surface area contributed by atoms with E-state index in [4.69, 9.17) is 5.11 Å². The van der Waals surface area contributed by atoms with Crippen LogP contribution in [-0.2, 0) is 4.79 Å². The summed E-state index contributed by atoms with van der Waals surface area (Å²) in [6.07, 6.45) is 1.96. The first kappa shape index (κ1) is 15.9. The zero-order valence-electron chi connectivity index (χ0n) is 11.9. The summed E-state index contributed by atoms with van der Waals surface area (Å²) in [5.74, 6) is -1.84. The van der Waals surface area contributed by atoms with Gasteiger partial charge >= 0.3 is 5.97 Å². The molecule has 110 valence electrons. The van der Waals surface area contributed by atoms with Crippen LogP contribution in [0, 0.1) is 11.8 Å². The fraction of sp³-hybridized carbons (Fsp3) is 0.500. The van der Waals surface area contributed by atoms with Crippen molar-refractivity contribution in [2.75, 3.05) is 6.54 Å². The normalized spacial score (nSPS) is 12.2. The largest absolute Gasteiger partial charge is 0.481 e. The molecule has 20 heavy (non-hydrogen) atoms. The van der Waals surface area contributed by atoms with E-state index in [2.05, 4.69) is 10.3 Å². The molecule has 0 saturated heterocycles. The van der Waals surface area contributed by atoms with E-state index in [1.54, 1.807) is 0 Å². The zero-order valence-corrected chi connectivity index (χ0v) is 11.9. The molecule has 0 fully saturated rings. The summed E-state index contributed by atoms with van der Waals surface area (Å²) in [7, 11) is 0. The maximum atomic E-state index is 11.8. The molecular formula is C14H20N2O4. The average Bonchev–Trinajstić information content (AvgIpc) is 2.82. The van der Waals surface area contributed by atoms with Crippen molar-refractivity contribution in [1.82, 2.24) is 10.3 Å². The van der Waals surface area contributed by atoms with Crippen molar-refractivity contribution < 1.29 is 19.5 Å². The third-order valence-corrected chi connectivity index (χ3v) is 2.95. The van der Waals surface area contributed by atoms with E-state index in [-0.39, 0.29) is 23.9 Å². The lowest BCUT2D eigenvalue weighted by atomic mass is 9.97. The molecule has 0 aliphatic heterocycles. The summed E-state index contributed by atoms with van der Waals surface area (Å²) in [4.78, 5) is 36.7. The van der Waals surface area contributed by atoms with Gasteiger partial charge in [-0.15, -0.1) is 0 Å². The van der Waals surface area contributed by atoms with Crippen molar-refractivity contribution in [1.29, 1.82) is 0 Å². The molecule has 6 nitrogen and oxygen atoms in total. The lowest BCUT2D eigenvalue weighted by Crippen LogP contribution is -2.33. The Labute approximate surface area is 117 Å². The second kappa shape index (κ2) is 6.88. The van der Waals surface area contributed by atoms with E-state index in [1.807, 2.05) is 13.8 Å². The maximum Gasteiger partial charge on any atom is 0.308 e. The van der Waals surface area contributed by atoms with Gasteiger partial charge in [0.25, 0.3) is 5.91 Å². The van der Waals surface area contributed by atoms with Crippen LogP contribution in [0.3, 0.4) is 0 Å². The Hall–Kier alpha value is -2.11. The highest BCUT2D eigenvalue weighted by Gasteiger charge is 2.20. The molecule has 0 radical (unpaired) electrons. The molecule has 1 aromatic rings. The van der Waals surface area contributed by atoms with E-state index in [0.717, 1.165) is 0 Å². The molecule has 0 aromatic carbocycles. The number of hydrogen-bond donors (Lipinski definition) is 3. The van der Waals surface area contributed by atoms with Crippen molar-refractivity contribution in [2.45, 2.75) is 27.2 Å². The minimum absolute atomic E-state index is 0.0702. The lowest BCUT2D eigenvalue weighted by Gasteiger charge is -2.15. The number of nitrogens with one attached hydrogen (secondary N) is 2. The van der Waals surface area contributed by atoms with Crippen LogP contribution >= 0.6 is 0 Å². The number of ketones is 1. The second-order valence-electron chi connectivity index (χ2n) is 5.23. The standard InChI is InChI=1S/C14H20N2O4/c1-8(2)4-11(14(19)20)7-16-13(18)12-5-10(6-15-12)9(3)17/h5-6,8,11,15H,4,7H2,1-3H3,(H,16,18)(H,19,20). The lowest BCUT2D eigenvalue weighted by molar-refractivity contribution is -0.142. The van der Waals surface area contributed by atoms with Crippen molar-refractivity contribution in [2.24, 2.45) is 11.8 Å². The monoisotopic (exact) mass is 280 g/mol. The third-order valence-electron chi connectivity index (χ3n) is 2.95. The molecule has 0 spiro atoms. The predicted octanol–water partition coefficient (Wildman–Crippen LogP) is 1.69. The quantitative estimate of drug-likeness (QED) is 0.662. The van der Waals surface area contributed by atoms with Gasteiger partial charge in [0.05, 0.1) is 5.92 Å². The average molecular weight is 280 g/mol. The highest BCUT2D eigenvalue weighted by Crippen LogP contribution is 2.11. The first-order valence-corrected chi connectivity index (χ1v) is 6.51. The third kappa shape index (κ3) is 4.53. The van der Waals surface area contributed by atoms with E-state index >= 15 is 0 Å². The number of aromatic nitrogens is 1. The first-order valence-electron chi connectivity index (χ1n) is 6.51. The predicted molar refractivity (Wildman–Crippen MR) is 73.7 cm³/mol. The van der Waals surface area contributed by atoms with Crippen LogP contribution in [0.25, 0.3) is 0 Å². The van der Waals surface area contributed by atoms with Crippen LogP contribution in [0.5, 0.6) is 0 Å². The van der Waals surface area contributed by atoms with Gasteiger partial charge in [0, 0.05) is 18.3 Å². The van der Waals surface area contributed by atoms with Gasteiger partial charge in [-0.05, 0) is 25.3 Å². The molecule has 6 heteroatoms.